The van der Waals surface area contributed by atoms with Gasteiger partial charge in [-0.05, 0) is 35.6 Å². The number of carboxylic acid groups (broad SMARTS) is 1. The molecule has 0 aliphatic heterocycles. The Morgan fingerprint density at radius 1 is 1.56 bits per heavy atom. The number of nitrogens with zero attached hydrogens (tertiary/aromatic N) is 2. The van der Waals surface area contributed by atoms with Crippen LogP contribution < -0.4 is 4.74 Å². The van der Waals surface area contributed by atoms with Gasteiger partial charge in [-0.1, -0.05) is 12.1 Å². The average molecular weight is 264 g/mol. The van der Waals surface area contributed by atoms with Gasteiger partial charge in [0.25, 0.3) is 0 Å². The van der Waals surface area contributed by atoms with E-state index in [0.717, 1.165) is 17.1 Å². The number of rotatable bonds is 5. The third-order valence-electron chi connectivity index (χ3n) is 2.55. The van der Waals surface area contributed by atoms with E-state index in [4.69, 9.17) is 4.74 Å². The summed E-state index contributed by atoms with van der Waals surface area (Å²) in [6, 6.07) is 7.37. The Balaban J connectivity index is 2.21. The van der Waals surface area contributed by atoms with Gasteiger partial charge < -0.3 is 9.84 Å². The van der Waals surface area contributed by atoms with Crippen molar-refractivity contribution >= 4 is 17.5 Å². The summed E-state index contributed by atoms with van der Waals surface area (Å²) in [4.78, 5) is 15.2. The van der Waals surface area contributed by atoms with Crippen LogP contribution >= 0.6 is 11.5 Å². The van der Waals surface area contributed by atoms with Crippen LogP contribution in [0.25, 0.3) is 0 Å². The summed E-state index contributed by atoms with van der Waals surface area (Å²) in [6.45, 7) is 0. The van der Waals surface area contributed by atoms with E-state index in [1.54, 1.807) is 7.11 Å². The Hall–Kier alpha value is -1.95. The highest BCUT2D eigenvalue weighted by Gasteiger charge is 2.23. The van der Waals surface area contributed by atoms with E-state index < -0.39 is 11.9 Å². The first kappa shape index (κ1) is 12.5. The molecule has 5 nitrogen and oxygen atoms in total. The zero-order valence-electron chi connectivity index (χ0n) is 9.74. The van der Waals surface area contributed by atoms with Crippen LogP contribution in [0.1, 0.15) is 16.5 Å². The minimum Gasteiger partial charge on any atom is -0.497 e. The number of aromatic nitrogens is 2. The Labute approximate surface area is 108 Å². The van der Waals surface area contributed by atoms with Crippen molar-refractivity contribution in [2.75, 3.05) is 7.11 Å². The molecule has 0 spiro atoms. The van der Waals surface area contributed by atoms with Crippen LogP contribution in [0.4, 0.5) is 0 Å². The van der Waals surface area contributed by atoms with Crippen LogP contribution in [-0.4, -0.2) is 27.5 Å². The number of carboxylic acids is 1. The highest BCUT2D eigenvalue weighted by Crippen LogP contribution is 2.23. The first-order valence-corrected chi connectivity index (χ1v) is 6.10. The summed E-state index contributed by atoms with van der Waals surface area (Å²) in [7, 11) is 1.58. The van der Waals surface area contributed by atoms with E-state index in [1.165, 1.54) is 6.33 Å². The van der Waals surface area contributed by atoms with Crippen molar-refractivity contribution in [2.45, 2.75) is 12.3 Å². The van der Waals surface area contributed by atoms with Crippen LogP contribution in [-0.2, 0) is 11.2 Å². The summed E-state index contributed by atoms with van der Waals surface area (Å²) in [5.74, 6) is -0.840. The monoisotopic (exact) mass is 264 g/mol. The molecular formula is C12H12N2O3S. The van der Waals surface area contributed by atoms with Gasteiger partial charge in [0.2, 0.25) is 0 Å². The molecule has 1 aromatic heterocycles. The number of benzene rings is 1. The highest BCUT2D eigenvalue weighted by molar-refractivity contribution is 7.05. The van der Waals surface area contributed by atoms with Gasteiger partial charge in [0.15, 0.2) is 0 Å². The van der Waals surface area contributed by atoms with Crippen LogP contribution in [0.15, 0.2) is 30.6 Å². The molecule has 0 fully saturated rings. The van der Waals surface area contributed by atoms with Gasteiger partial charge in [-0.15, -0.1) is 0 Å². The number of aliphatic carboxylic acids is 1. The number of ether oxygens (including phenoxy) is 1. The second-order valence-corrected chi connectivity index (χ2v) is 4.54. The minimum absolute atomic E-state index is 0.377. The van der Waals surface area contributed by atoms with E-state index in [1.807, 2.05) is 24.3 Å². The summed E-state index contributed by atoms with van der Waals surface area (Å²) >= 11 is 1.12. The molecule has 0 bridgehead atoms. The maximum Gasteiger partial charge on any atom is 0.313 e. The zero-order valence-corrected chi connectivity index (χ0v) is 10.6. The second kappa shape index (κ2) is 5.59. The lowest BCUT2D eigenvalue weighted by atomic mass is 10.00. The van der Waals surface area contributed by atoms with E-state index in [-0.39, 0.29) is 0 Å². The van der Waals surface area contributed by atoms with Crippen molar-refractivity contribution in [3.05, 3.63) is 41.2 Å². The molecule has 1 aromatic carbocycles. The maximum absolute atomic E-state index is 11.3. The van der Waals surface area contributed by atoms with E-state index >= 15 is 0 Å². The molecule has 0 saturated carbocycles. The molecule has 0 radical (unpaired) electrons. The summed E-state index contributed by atoms with van der Waals surface area (Å²) < 4.78 is 8.96. The van der Waals surface area contributed by atoms with Crippen LogP contribution in [0.2, 0.25) is 0 Å². The molecule has 94 valence electrons. The van der Waals surface area contributed by atoms with Gasteiger partial charge >= 0.3 is 5.97 Å². The Kier molecular flexibility index (Phi) is 3.88. The fraction of sp³-hybridized carbons (Fsp3) is 0.250. The largest absolute Gasteiger partial charge is 0.497 e. The minimum atomic E-state index is -0.894. The maximum atomic E-state index is 11.3. The van der Waals surface area contributed by atoms with Crippen molar-refractivity contribution in [1.29, 1.82) is 0 Å². The third-order valence-corrected chi connectivity index (χ3v) is 3.33. The fourth-order valence-corrected chi connectivity index (χ4v) is 2.26. The molecule has 1 heterocycles. The first-order valence-electron chi connectivity index (χ1n) is 5.33. The zero-order chi connectivity index (χ0) is 13.0. The summed E-state index contributed by atoms with van der Waals surface area (Å²) in [5.41, 5.74) is 0.900. The molecule has 6 heteroatoms. The lowest BCUT2D eigenvalue weighted by Gasteiger charge is -2.09. The molecule has 1 N–H and O–H groups in total. The topological polar surface area (TPSA) is 72.3 Å². The van der Waals surface area contributed by atoms with Crippen molar-refractivity contribution in [3.63, 3.8) is 0 Å². The highest BCUT2D eigenvalue weighted by atomic mass is 32.1. The molecule has 0 saturated heterocycles. The van der Waals surface area contributed by atoms with Gasteiger partial charge in [-0.3, -0.25) is 4.79 Å². The van der Waals surface area contributed by atoms with Gasteiger partial charge in [-0.25, -0.2) is 4.98 Å². The second-order valence-electron chi connectivity index (χ2n) is 3.73. The van der Waals surface area contributed by atoms with Gasteiger partial charge in [0, 0.05) is 0 Å². The Morgan fingerprint density at radius 3 is 3.00 bits per heavy atom. The van der Waals surface area contributed by atoms with Crippen molar-refractivity contribution in [2.24, 2.45) is 0 Å². The Morgan fingerprint density at radius 2 is 2.39 bits per heavy atom. The third kappa shape index (κ3) is 2.84. The summed E-state index contributed by atoms with van der Waals surface area (Å²) in [6.07, 6.45) is 1.75. The Bertz CT molecular complexity index is 528. The molecule has 0 aliphatic carbocycles. The van der Waals surface area contributed by atoms with E-state index in [9.17, 15) is 9.90 Å². The normalized spacial score (nSPS) is 12.1. The van der Waals surface area contributed by atoms with Crippen molar-refractivity contribution in [3.8, 4) is 5.75 Å². The molecule has 0 amide bonds. The number of methoxy groups -OCH3 is 1. The SMILES string of the molecule is COc1cccc(CC(C(=O)O)c2ncns2)c1. The van der Waals surface area contributed by atoms with Crippen molar-refractivity contribution < 1.29 is 14.6 Å². The predicted octanol–water partition coefficient (Wildman–Crippen LogP) is 1.96. The lowest BCUT2D eigenvalue weighted by molar-refractivity contribution is -0.138. The fourth-order valence-electron chi connectivity index (χ4n) is 1.65. The molecule has 2 rings (SSSR count). The van der Waals surface area contributed by atoms with Gasteiger partial charge in [-0.2, -0.15) is 4.37 Å². The first-order chi connectivity index (χ1) is 8.70. The van der Waals surface area contributed by atoms with E-state index in [0.29, 0.717) is 17.2 Å². The smallest absolute Gasteiger partial charge is 0.313 e. The van der Waals surface area contributed by atoms with Crippen LogP contribution in [0.3, 0.4) is 0 Å². The molecule has 1 unspecified atom stereocenters. The van der Waals surface area contributed by atoms with Crippen molar-refractivity contribution in [1.82, 2.24) is 9.36 Å². The molecule has 1 atom stereocenters. The average Bonchev–Trinajstić information content (AvgIpc) is 2.89. The summed E-state index contributed by atoms with van der Waals surface area (Å²) in [5, 5.41) is 9.76. The van der Waals surface area contributed by atoms with Gasteiger partial charge in [0.1, 0.15) is 23.0 Å². The number of hydrogen-bond acceptors (Lipinski definition) is 5. The quantitative estimate of drug-likeness (QED) is 0.893. The molecule has 0 aliphatic rings. The predicted molar refractivity (Wildman–Crippen MR) is 67.0 cm³/mol. The van der Waals surface area contributed by atoms with Crippen LogP contribution in [0, 0.1) is 0 Å². The molecule has 2 aromatic rings. The standard InChI is InChI=1S/C12H12N2O3S/c1-17-9-4-2-3-8(5-9)6-10(12(15)16)11-13-7-14-18-11/h2-5,7,10H,6H2,1H3,(H,15,16). The molecular weight excluding hydrogens is 252 g/mol. The van der Waals surface area contributed by atoms with E-state index in [2.05, 4.69) is 9.36 Å². The number of carbonyl (C=O) groups is 1. The van der Waals surface area contributed by atoms with Crippen LogP contribution in [0.5, 0.6) is 5.75 Å². The lowest BCUT2D eigenvalue weighted by Crippen LogP contribution is -2.14. The molecule has 18 heavy (non-hydrogen) atoms. The number of hydrogen-bond donors (Lipinski definition) is 1. The van der Waals surface area contributed by atoms with Gasteiger partial charge in [0.05, 0.1) is 7.11 Å².